The SMILES string of the molecule is O=C(NCc1ccc(-c2noc(-c3cncc(Br)c3)n2)s1)C1CC1. The first kappa shape index (κ1) is 15.5. The molecular formula is C16H13BrN4O2S. The molecule has 1 aliphatic rings. The molecule has 0 atom stereocenters. The van der Waals surface area contributed by atoms with Gasteiger partial charge in [0.15, 0.2) is 0 Å². The van der Waals surface area contributed by atoms with Crippen LogP contribution < -0.4 is 5.32 Å². The van der Waals surface area contributed by atoms with Crippen LogP contribution in [0.3, 0.4) is 0 Å². The average Bonchev–Trinajstić information content (AvgIpc) is 3.13. The van der Waals surface area contributed by atoms with Crippen molar-refractivity contribution in [3.8, 4) is 22.2 Å². The van der Waals surface area contributed by atoms with Gasteiger partial charge in [0.1, 0.15) is 0 Å². The van der Waals surface area contributed by atoms with E-state index in [9.17, 15) is 4.79 Å². The number of nitrogens with zero attached hydrogens (tertiary/aromatic N) is 3. The van der Waals surface area contributed by atoms with Crippen LogP contribution in [0.25, 0.3) is 22.2 Å². The van der Waals surface area contributed by atoms with Crippen molar-refractivity contribution < 1.29 is 9.32 Å². The van der Waals surface area contributed by atoms with Crippen LogP contribution in [0.1, 0.15) is 17.7 Å². The van der Waals surface area contributed by atoms with E-state index in [1.54, 1.807) is 23.7 Å². The van der Waals surface area contributed by atoms with E-state index >= 15 is 0 Å². The highest BCUT2D eigenvalue weighted by atomic mass is 79.9. The summed E-state index contributed by atoms with van der Waals surface area (Å²) in [5.74, 6) is 1.34. The zero-order chi connectivity index (χ0) is 16.5. The maximum absolute atomic E-state index is 11.7. The van der Waals surface area contributed by atoms with Crippen LogP contribution in [-0.2, 0) is 11.3 Å². The molecule has 6 nitrogen and oxygen atoms in total. The van der Waals surface area contributed by atoms with Crippen LogP contribution in [0.2, 0.25) is 0 Å². The van der Waals surface area contributed by atoms with Crippen LogP contribution in [0.15, 0.2) is 39.6 Å². The quantitative estimate of drug-likeness (QED) is 0.701. The Morgan fingerprint density at radius 1 is 1.38 bits per heavy atom. The predicted molar refractivity (Wildman–Crippen MR) is 93.1 cm³/mol. The van der Waals surface area contributed by atoms with Crippen LogP contribution in [0.4, 0.5) is 0 Å². The van der Waals surface area contributed by atoms with Crippen molar-refractivity contribution in [2.24, 2.45) is 5.92 Å². The van der Waals surface area contributed by atoms with Gasteiger partial charge in [0, 0.05) is 27.7 Å². The van der Waals surface area contributed by atoms with Gasteiger partial charge in [-0.1, -0.05) is 5.16 Å². The number of thiophene rings is 1. The molecule has 1 aliphatic carbocycles. The van der Waals surface area contributed by atoms with Crippen LogP contribution in [0.5, 0.6) is 0 Å². The summed E-state index contributed by atoms with van der Waals surface area (Å²) in [7, 11) is 0. The van der Waals surface area contributed by atoms with Gasteiger partial charge in [-0.15, -0.1) is 11.3 Å². The third-order valence-electron chi connectivity index (χ3n) is 3.64. The molecule has 1 amide bonds. The summed E-state index contributed by atoms with van der Waals surface area (Å²) < 4.78 is 6.17. The zero-order valence-corrected chi connectivity index (χ0v) is 14.9. The Bertz CT molecular complexity index is 888. The van der Waals surface area contributed by atoms with E-state index in [4.69, 9.17) is 4.52 Å². The molecule has 122 valence electrons. The number of carbonyl (C=O) groups excluding carboxylic acids is 1. The fourth-order valence-electron chi connectivity index (χ4n) is 2.23. The van der Waals surface area contributed by atoms with Gasteiger partial charge in [-0.25, -0.2) is 0 Å². The number of pyridine rings is 1. The molecule has 1 fully saturated rings. The lowest BCUT2D eigenvalue weighted by Gasteiger charge is -2.00. The number of hydrogen-bond donors (Lipinski definition) is 1. The maximum atomic E-state index is 11.7. The minimum absolute atomic E-state index is 0.147. The lowest BCUT2D eigenvalue weighted by Crippen LogP contribution is -2.23. The van der Waals surface area contributed by atoms with Gasteiger partial charge in [-0.2, -0.15) is 4.98 Å². The highest BCUT2D eigenvalue weighted by molar-refractivity contribution is 9.10. The Balaban J connectivity index is 1.47. The van der Waals surface area contributed by atoms with E-state index in [1.165, 1.54) is 0 Å². The van der Waals surface area contributed by atoms with Crippen molar-refractivity contribution in [1.29, 1.82) is 0 Å². The molecule has 0 unspecified atom stereocenters. The number of rotatable bonds is 5. The van der Waals surface area contributed by atoms with Gasteiger partial charge >= 0.3 is 0 Å². The molecule has 24 heavy (non-hydrogen) atoms. The number of hydrogen-bond acceptors (Lipinski definition) is 6. The third kappa shape index (κ3) is 3.39. The van der Waals surface area contributed by atoms with Crippen LogP contribution in [0, 0.1) is 5.92 Å². The van der Waals surface area contributed by atoms with Gasteiger partial charge in [-0.05, 0) is 47.0 Å². The topological polar surface area (TPSA) is 80.9 Å². The smallest absolute Gasteiger partial charge is 0.259 e. The predicted octanol–water partition coefficient (Wildman–Crippen LogP) is 3.65. The Labute approximate surface area is 150 Å². The highest BCUT2D eigenvalue weighted by Crippen LogP contribution is 2.30. The molecule has 1 N–H and O–H groups in total. The minimum Gasteiger partial charge on any atom is -0.351 e. The van der Waals surface area contributed by atoms with E-state index in [0.717, 1.165) is 32.6 Å². The fourth-order valence-corrected chi connectivity index (χ4v) is 3.46. The van der Waals surface area contributed by atoms with Crippen molar-refractivity contribution in [2.45, 2.75) is 19.4 Å². The van der Waals surface area contributed by atoms with Gasteiger partial charge < -0.3 is 9.84 Å². The largest absolute Gasteiger partial charge is 0.351 e. The van der Waals surface area contributed by atoms with Gasteiger partial charge in [0.25, 0.3) is 5.89 Å². The summed E-state index contributed by atoms with van der Waals surface area (Å²) in [6, 6.07) is 5.79. The summed E-state index contributed by atoms with van der Waals surface area (Å²) in [6.07, 6.45) is 5.40. The lowest BCUT2D eigenvalue weighted by atomic mass is 10.3. The zero-order valence-electron chi connectivity index (χ0n) is 12.5. The van der Waals surface area contributed by atoms with Crippen molar-refractivity contribution in [3.05, 3.63) is 39.9 Å². The van der Waals surface area contributed by atoms with Gasteiger partial charge in [0.05, 0.1) is 17.0 Å². The Morgan fingerprint density at radius 2 is 2.25 bits per heavy atom. The molecule has 3 heterocycles. The number of halogens is 1. The summed E-state index contributed by atoms with van der Waals surface area (Å²) in [5, 5.41) is 6.99. The van der Waals surface area contributed by atoms with E-state index < -0.39 is 0 Å². The molecule has 0 aliphatic heterocycles. The number of amides is 1. The second kappa shape index (κ2) is 6.45. The molecule has 0 radical (unpaired) electrons. The molecule has 0 bridgehead atoms. The first-order valence-corrected chi connectivity index (χ1v) is 9.11. The monoisotopic (exact) mass is 404 g/mol. The second-order valence-electron chi connectivity index (χ2n) is 5.57. The first-order chi connectivity index (χ1) is 11.7. The summed E-state index contributed by atoms with van der Waals surface area (Å²) in [4.78, 5) is 22.2. The standard InChI is InChI=1S/C16H13BrN4O2S/c17-11-5-10(6-18-7-11)16-20-14(21-23-16)13-4-3-12(24-13)8-19-15(22)9-1-2-9/h3-7,9H,1-2,8H2,(H,19,22). The van der Waals surface area contributed by atoms with Crippen molar-refractivity contribution >= 4 is 33.2 Å². The maximum Gasteiger partial charge on any atom is 0.259 e. The molecular weight excluding hydrogens is 392 g/mol. The normalized spacial score (nSPS) is 13.9. The molecule has 4 rings (SSSR count). The lowest BCUT2D eigenvalue weighted by molar-refractivity contribution is -0.122. The summed E-state index contributed by atoms with van der Waals surface area (Å²) in [5.41, 5.74) is 0.761. The molecule has 0 spiro atoms. The molecule has 0 aromatic carbocycles. The molecule has 3 aromatic rings. The number of aromatic nitrogens is 3. The van der Waals surface area contributed by atoms with E-state index in [1.807, 2.05) is 18.2 Å². The van der Waals surface area contributed by atoms with Crippen molar-refractivity contribution in [3.63, 3.8) is 0 Å². The Kier molecular flexibility index (Phi) is 4.15. The van der Waals surface area contributed by atoms with E-state index in [2.05, 4.69) is 36.4 Å². The number of carbonyl (C=O) groups is 1. The highest BCUT2D eigenvalue weighted by Gasteiger charge is 2.29. The number of nitrogens with one attached hydrogen (secondary N) is 1. The molecule has 0 saturated heterocycles. The molecule has 3 aromatic heterocycles. The van der Waals surface area contributed by atoms with E-state index in [-0.39, 0.29) is 11.8 Å². The second-order valence-corrected chi connectivity index (χ2v) is 7.66. The molecule has 1 saturated carbocycles. The van der Waals surface area contributed by atoms with Gasteiger partial charge in [-0.3, -0.25) is 9.78 Å². The third-order valence-corrected chi connectivity index (χ3v) is 5.16. The van der Waals surface area contributed by atoms with Crippen molar-refractivity contribution in [1.82, 2.24) is 20.4 Å². The fraction of sp³-hybridized carbons (Fsp3) is 0.250. The van der Waals surface area contributed by atoms with Gasteiger partial charge in [0.2, 0.25) is 11.7 Å². The minimum atomic E-state index is 0.147. The Morgan fingerprint density at radius 3 is 3.04 bits per heavy atom. The van der Waals surface area contributed by atoms with Crippen LogP contribution in [-0.4, -0.2) is 21.0 Å². The van der Waals surface area contributed by atoms with Crippen LogP contribution >= 0.6 is 27.3 Å². The first-order valence-electron chi connectivity index (χ1n) is 7.50. The Hall–Kier alpha value is -2.06. The van der Waals surface area contributed by atoms with Crippen molar-refractivity contribution in [2.75, 3.05) is 0 Å². The summed E-state index contributed by atoms with van der Waals surface area (Å²) >= 11 is 4.92. The molecule has 8 heteroatoms. The van der Waals surface area contributed by atoms with E-state index in [0.29, 0.717) is 18.3 Å². The average molecular weight is 405 g/mol. The summed E-state index contributed by atoms with van der Waals surface area (Å²) in [6.45, 7) is 0.542.